The summed E-state index contributed by atoms with van der Waals surface area (Å²) in [7, 11) is 4.10. The number of hydrogen-bond acceptors (Lipinski definition) is 4. The summed E-state index contributed by atoms with van der Waals surface area (Å²) in [6.07, 6.45) is 1.00. The van der Waals surface area contributed by atoms with E-state index in [0.29, 0.717) is 12.5 Å². The second-order valence-electron chi connectivity index (χ2n) is 8.12. The number of hydrogen-bond donors (Lipinski definition) is 2. The first-order valence-electron chi connectivity index (χ1n) is 11.2. The number of rotatable bonds is 10. The summed E-state index contributed by atoms with van der Waals surface area (Å²) in [5.74, 6) is 2.92. The third-order valence-electron chi connectivity index (χ3n) is 5.67. The third kappa shape index (κ3) is 6.83. The molecule has 0 aliphatic rings. The summed E-state index contributed by atoms with van der Waals surface area (Å²) in [5.41, 5.74) is 2.54. The van der Waals surface area contributed by atoms with E-state index in [4.69, 9.17) is 4.99 Å². The van der Waals surface area contributed by atoms with Gasteiger partial charge in [-0.05, 0) is 37.0 Å². The Balaban J connectivity index is 1.55. The fourth-order valence-corrected chi connectivity index (χ4v) is 3.40. The molecule has 7 heteroatoms. The SMILES string of the molecule is Cc1nnc(CN=C(NCCCN(C)c2ccccc2)NCC(C)c2ccccc2)n1C. The number of nitrogens with zero attached hydrogens (tertiary/aromatic N) is 5. The normalized spacial score (nSPS) is 12.4. The van der Waals surface area contributed by atoms with Gasteiger partial charge in [0.05, 0.1) is 0 Å². The summed E-state index contributed by atoms with van der Waals surface area (Å²) in [6.45, 7) is 7.25. The maximum atomic E-state index is 4.77. The fourth-order valence-electron chi connectivity index (χ4n) is 3.40. The number of para-hydroxylation sites is 1. The Morgan fingerprint density at radius 2 is 1.72 bits per heavy atom. The number of guanidine groups is 1. The molecule has 1 aromatic heterocycles. The van der Waals surface area contributed by atoms with Crippen molar-refractivity contribution in [3.05, 3.63) is 77.9 Å². The Hall–Kier alpha value is -3.35. The van der Waals surface area contributed by atoms with Crippen LogP contribution in [0.4, 0.5) is 5.69 Å². The van der Waals surface area contributed by atoms with Crippen molar-refractivity contribution in [1.29, 1.82) is 0 Å². The van der Waals surface area contributed by atoms with E-state index in [1.54, 1.807) is 0 Å². The summed E-state index contributed by atoms with van der Waals surface area (Å²) in [6, 6.07) is 21.0. The van der Waals surface area contributed by atoms with Crippen LogP contribution >= 0.6 is 0 Å². The van der Waals surface area contributed by atoms with E-state index in [1.165, 1.54) is 11.3 Å². The molecule has 170 valence electrons. The topological polar surface area (TPSA) is 70.4 Å². The third-order valence-corrected chi connectivity index (χ3v) is 5.67. The molecule has 1 unspecified atom stereocenters. The molecule has 0 aliphatic heterocycles. The molecule has 0 saturated carbocycles. The zero-order valence-electron chi connectivity index (χ0n) is 19.6. The molecule has 0 amide bonds. The molecule has 0 fully saturated rings. The highest BCUT2D eigenvalue weighted by molar-refractivity contribution is 5.79. The van der Waals surface area contributed by atoms with E-state index in [0.717, 1.165) is 43.7 Å². The molecule has 2 aromatic carbocycles. The van der Waals surface area contributed by atoms with Crippen LogP contribution in [0.5, 0.6) is 0 Å². The van der Waals surface area contributed by atoms with E-state index in [-0.39, 0.29) is 0 Å². The summed E-state index contributed by atoms with van der Waals surface area (Å²) >= 11 is 0. The van der Waals surface area contributed by atoms with Crippen molar-refractivity contribution in [2.45, 2.75) is 32.7 Å². The van der Waals surface area contributed by atoms with Gasteiger partial charge in [0.25, 0.3) is 0 Å². The number of aromatic nitrogens is 3. The van der Waals surface area contributed by atoms with Crippen LogP contribution in [0.25, 0.3) is 0 Å². The molecular weight excluding hydrogens is 398 g/mol. The first-order valence-corrected chi connectivity index (χ1v) is 11.2. The molecule has 7 nitrogen and oxygen atoms in total. The van der Waals surface area contributed by atoms with Crippen molar-refractivity contribution in [1.82, 2.24) is 25.4 Å². The average Bonchev–Trinajstić information content (AvgIpc) is 3.16. The van der Waals surface area contributed by atoms with Gasteiger partial charge in [-0.3, -0.25) is 0 Å². The van der Waals surface area contributed by atoms with Gasteiger partial charge >= 0.3 is 0 Å². The molecular formula is C25H35N7. The van der Waals surface area contributed by atoms with Gasteiger partial charge in [0, 0.05) is 39.4 Å². The van der Waals surface area contributed by atoms with Crippen molar-refractivity contribution in [2.75, 3.05) is 31.6 Å². The maximum Gasteiger partial charge on any atom is 0.191 e. The maximum absolute atomic E-state index is 4.77. The molecule has 1 atom stereocenters. The first-order chi connectivity index (χ1) is 15.5. The Morgan fingerprint density at radius 3 is 2.38 bits per heavy atom. The van der Waals surface area contributed by atoms with Crippen LogP contribution in [-0.4, -0.2) is 47.4 Å². The van der Waals surface area contributed by atoms with E-state index < -0.39 is 0 Å². The highest BCUT2D eigenvalue weighted by atomic mass is 15.3. The largest absolute Gasteiger partial charge is 0.375 e. The van der Waals surface area contributed by atoms with Gasteiger partial charge in [0.15, 0.2) is 11.8 Å². The molecule has 3 rings (SSSR count). The van der Waals surface area contributed by atoms with Crippen molar-refractivity contribution >= 4 is 11.6 Å². The van der Waals surface area contributed by atoms with E-state index in [2.05, 4.69) is 88.2 Å². The molecule has 32 heavy (non-hydrogen) atoms. The van der Waals surface area contributed by atoms with Crippen LogP contribution < -0.4 is 15.5 Å². The lowest BCUT2D eigenvalue weighted by Gasteiger charge is -2.20. The van der Waals surface area contributed by atoms with Gasteiger partial charge < -0.3 is 20.1 Å². The van der Waals surface area contributed by atoms with Crippen LogP contribution in [0.15, 0.2) is 65.7 Å². The smallest absolute Gasteiger partial charge is 0.191 e. The molecule has 2 N–H and O–H groups in total. The number of nitrogens with one attached hydrogen (secondary N) is 2. The second-order valence-corrected chi connectivity index (χ2v) is 8.12. The lowest BCUT2D eigenvalue weighted by Crippen LogP contribution is -2.40. The van der Waals surface area contributed by atoms with Crippen molar-refractivity contribution in [2.24, 2.45) is 12.0 Å². The number of aryl methyl sites for hydroxylation is 1. The number of aliphatic imine (C=N–C) groups is 1. The molecule has 3 aromatic rings. The van der Waals surface area contributed by atoms with E-state index >= 15 is 0 Å². The molecule has 0 saturated heterocycles. The quantitative estimate of drug-likeness (QED) is 0.291. The molecule has 0 spiro atoms. The molecule has 1 heterocycles. The molecule has 0 bridgehead atoms. The van der Waals surface area contributed by atoms with Gasteiger partial charge in [0.2, 0.25) is 0 Å². The predicted molar refractivity (Wildman–Crippen MR) is 132 cm³/mol. The number of benzene rings is 2. The van der Waals surface area contributed by atoms with Crippen LogP contribution in [0, 0.1) is 6.92 Å². The summed E-state index contributed by atoms with van der Waals surface area (Å²) in [5, 5.41) is 15.3. The van der Waals surface area contributed by atoms with E-state index in [9.17, 15) is 0 Å². The molecule has 0 aliphatic carbocycles. The van der Waals surface area contributed by atoms with Crippen LogP contribution in [-0.2, 0) is 13.6 Å². The zero-order valence-corrected chi connectivity index (χ0v) is 19.6. The number of anilines is 1. The van der Waals surface area contributed by atoms with Crippen LogP contribution in [0.2, 0.25) is 0 Å². The molecule has 0 radical (unpaired) electrons. The Bertz CT molecular complexity index is 966. The van der Waals surface area contributed by atoms with Gasteiger partial charge in [-0.25, -0.2) is 4.99 Å². The van der Waals surface area contributed by atoms with Gasteiger partial charge in [-0.1, -0.05) is 55.5 Å². The fraction of sp³-hybridized carbons (Fsp3) is 0.400. The summed E-state index contributed by atoms with van der Waals surface area (Å²) in [4.78, 5) is 7.04. The van der Waals surface area contributed by atoms with Crippen molar-refractivity contribution in [3.8, 4) is 0 Å². The van der Waals surface area contributed by atoms with Crippen molar-refractivity contribution < 1.29 is 0 Å². The van der Waals surface area contributed by atoms with Gasteiger partial charge in [0.1, 0.15) is 12.4 Å². The minimum atomic E-state index is 0.379. The Kier molecular flexibility index (Phi) is 8.66. The average molecular weight is 434 g/mol. The van der Waals surface area contributed by atoms with Gasteiger partial charge in [-0.2, -0.15) is 0 Å². The minimum Gasteiger partial charge on any atom is -0.375 e. The highest BCUT2D eigenvalue weighted by Crippen LogP contribution is 2.13. The lowest BCUT2D eigenvalue weighted by molar-refractivity contribution is 0.679. The van der Waals surface area contributed by atoms with Crippen molar-refractivity contribution in [3.63, 3.8) is 0 Å². The minimum absolute atomic E-state index is 0.379. The first kappa shape index (κ1) is 23.3. The van der Waals surface area contributed by atoms with Gasteiger partial charge in [-0.15, -0.1) is 10.2 Å². The second kappa shape index (κ2) is 11.9. The standard InChI is InChI=1S/C25H35N7/c1-20(22-12-7-5-8-13-22)18-27-25(28-19-24-30-29-21(2)32(24)4)26-16-11-17-31(3)23-14-9-6-10-15-23/h5-10,12-15,20H,11,16-19H2,1-4H3,(H2,26,27,28). The Labute approximate surface area is 191 Å². The van der Waals surface area contributed by atoms with Crippen LogP contribution in [0.1, 0.15) is 36.5 Å². The monoisotopic (exact) mass is 433 g/mol. The van der Waals surface area contributed by atoms with E-state index in [1.807, 2.05) is 30.7 Å². The summed E-state index contributed by atoms with van der Waals surface area (Å²) < 4.78 is 1.97. The lowest BCUT2D eigenvalue weighted by atomic mass is 10.0. The zero-order chi connectivity index (χ0) is 22.8. The Morgan fingerprint density at radius 1 is 1.03 bits per heavy atom. The highest BCUT2D eigenvalue weighted by Gasteiger charge is 2.09. The van der Waals surface area contributed by atoms with Crippen LogP contribution in [0.3, 0.4) is 0 Å². The predicted octanol–water partition coefficient (Wildman–Crippen LogP) is 3.49.